The van der Waals surface area contributed by atoms with Crippen LogP contribution < -0.4 is 26.0 Å². The Labute approximate surface area is 330 Å². The monoisotopic (exact) mass is 795 g/mol. The minimum absolute atomic E-state index is 0.0258. The van der Waals surface area contributed by atoms with Crippen molar-refractivity contribution in [2.45, 2.75) is 128 Å². The molecule has 1 aromatic carbocycles. The predicted octanol–water partition coefficient (Wildman–Crippen LogP) is 5.09. The summed E-state index contributed by atoms with van der Waals surface area (Å²) < 4.78 is 25.9. The molecule has 4 amide bonds. The second-order valence-corrected chi connectivity index (χ2v) is 16.7. The molecule has 302 valence electrons. The van der Waals surface area contributed by atoms with Crippen molar-refractivity contribution in [3.05, 3.63) is 47.4 Å². The second kappa shape index (κ2) is 17.6. The highest BCUT2D eigenvalue weighted by molar-refractivity contribution is 6.38. The largest absolute Gasteiger partial charge is 0.472 e. The number of Topliss-reactive ketones (excluding diaryl/α,β-unsaturated/α-hetero) is 1. The fourth-order valence-electron chi connectivity index (χ4n) is 7.45. The van der Waals surface area contributed by atoms with E-state index in [1.54, 1.807) is 12.1 Å². The number of amides is 4. The highest BCUT2D eigenvalue weighted by Crippen LogP contribution is 2.32. The van der Waals surface area contributed by atoms with Gasteiger partial charge in [0.05, 0.1) is 17.6 Å². The normalized spacial score (nSPS) is 20.5. The number of anilines is 1. The van der Waals surface area contributed by atoms with Gasteiger partial charge in [0.25, 0.3) is 11.9 Å². The zero-order chi connectivity index (χ0) is 40.1. The van der Waals surface area contributed by atoms with Crippen molar-refractivity contribution in [1.82, 2.24) is 30.8 Å². The maximum absolute atomic E-state index is 14.8. The molecule has 2 saturated carbocycles. The molecule has 4 N–H and O–H groups in total. The van der Waals surface area contributed by atoms with E-state index < -0.39 is 70.9 Å². The summed E-state index contributed by atoms with van der Waals surface area (Å²) in [7, 11) is 0. The van der Waals surface area contributed by atoms with Crippen LogP contribution in [-0.2, 0) is 24.0 Å². The number of hydrogen-bond acceptors (Lipinski definition) is 10. The van der Waals surface area contributed by atoms with E-state index in [1.165, 1.54) is 29.3 Å². The SMILES string of the molecule is CCCC(NC(=O)[C@H]1CC(Oc2ccc(Cl)cn2)CN1C(=O)[C@H](NC(=O)[C@@H](Nc1nc2ccc(F)cc2o1)C1CCCCC1)C(C)(C)C)C(=O)C(=O)NC1CC1. The first-order valence-electron chi connectivity index (χ1n) is 19.6. The molecule has 5 atom stereocenters. The van der Waals surface area contributed by atoms with Crippen molar-refractivity contribution in [2.24, 2.45) is 11.3 Å². The first-order valence-corrected chi connectivity index (χ1v) is 19.9. The number of benzene rings is 1. The maximum Gasteiger partial charge on any atom is 0.296 e. The Bertz CT molecular complexity index is 1910. The van der Waals surface area contributed by atoms with Gasteiger partial charge in [0.15, 0.2) is 5.58 Å². The number of nitrogens with one attached hydrogen (secondary N) is 4. The summed E-state index contributed by atoms with van der Waals surface area (Å²) in [5, 5.41) is 12.0. The highest BCUT2D eigenvalue weighted by Gasteiger charge is 2.47. The number of halogens is 2. The van der Waals surface area contributed by atoms with E-state index >= 15 is 0 Å². The molecule has 2 unspecified atom stereocenters. The molecule has 0 radical (unpaired) electrons. The zero-order valence-corrected chi connectivity index (χ0v) is 33.0. The minimum Gasteiger partial charge on any atom is -0.472 e. The Morgan fingerprint density at radius 3 is 2.45 bits per heavy atom. The molecule has 56 heavy (non-hydrogen) atoms. The number of carbonyl (C=O) groups excluding carboxylic acids is 5. The molecule has 0 spiro atoms. The van der Waals surface area contributed by atoms with Crippen molar-refractivity contribution in [1.29, 1.82) is 0 Å². The number of pyridine rings is 1. The van der Waals surface area contributed by atoms with E-state index in [0.717, 1.165) is 44.9 Å². The number of ketones is 1. The van der Waals surface area contributed by atoms with E-state index in [9.17, 15) is 28.4 Å². The van der Waals surface area contributed by atoms with Gasteiger partial charge in [0.1, 0.15) is 35.6 Å². The molecular weight excluding hydrogens is 745 g/mol. The van der Waals surface area contributed by atoms with Gasteiger partial charge in [-0.15, -0.1) is 0 Å². The van der Waals surface area contributed by atoms with E-state index in [2.05, 4.69) is 31.2 Å². The lowest BCUT2D eigenvalue weighted by molar-refractivity contribution is -0.145. The summed E-state index contributed by atoms with van der Waals surface area (Å²) >= 11 is 6.03. The lowest BCUT2D eigenvalue weighted by Crippen LogP contribution is -2.61. The van der Waals surface area contributed by atoms with Gasteiger partial charge in [-0.1, -0.05) is 65.0 Å². The topological polar surface area (TPSA) is 185 Å². The summed E-state index contributed by atoms with van der Waals surface area (Å²) in [4.78, 5) is 79.3. The van der Waals surface area contributed by atoms with Gasteiger partial charge in [0, 0.05) is 30.8 Å². The summed E-state index contributed by atoms with van der Waals surface area (Å²) in [6.07, 6.45) is 7.55. The van der Waals surface area contributed by atoms with Crippen LogP contribution >= 0.6 is 11.6 Å². The maximum atomic E-state index is 14.8. The molecule has 3 aromatic rings. The average molecular weight is 796 g/mol. The Kier molecular flexibility index (Phi) is 12.8. The third kappa shape index (κ3) is 10.1. The van der Waals surface area contributed by atoms with Crippen molar-refractivity contribution in [3.8, 4) is 5.88 Å². The molecule has 6 rings (SSSR count). The Hall–Kier alpha value is -4.79. The third-order valence-electron chi connectivity index (χ3n) is 10.6. The number of nitrogens with zero attached hydrogens (tertiary/aromatic N) is 3. The van der Waals surface area contributed by atoms with Crippen molar-refractivity contribution in [3.63, 3.8) is 0 Å². The van der Waals surface area contributed by atoms with Crippen molar-refractivity contribution in [2.75, 3.05) is 11.9 Å². The van der Waals surface area contributed by atoms with Crippen LogP contribution in [0.2, 0.25) is 5.02 Å². The molecule has 16 heteroatoms. The number of aromatic nitrogens is 2. The molecule has 1 saturated heterocycles. The van der Waals surface area contributed by atoms with Crippen LogP contribution in [0.5, 0.6) is 5.88 Å². The predicted molar refractivity (Wildman–Crippen MR) is 206 cm³/mol. The van der Waals surface area contributed by atoms with Gasteiger partial charge in [-0.25, -0.2) is 9.37 Å². The molecule has 1 aliphatic heterocycles. The van der Waals surface area contributed by atoms with Gasteiger partial charge in [0.2, 0.25) is 29.4 Å². The zero-order valence-electron chi connectivity index (χ0n) is 32.2. The molecule has 3 fully saturated rings. The molecule has 0 bridgehead atoms. The van der Waals surface area contributed by atoms with Gasteiger partial charge >= 0.3 is 0 Å². The van der Waals surface area contributed by atoms with Gasteiger partial charge < -0.3 is 35.3 Å². The Balaban J connectivity index is 1.25. The standard InChI is InChI=1S/C40H51ClFN7O7/c1-5-9-28(33(50)37(53)44-25-14-15-25)45-35(51)29-19-26(55-31-17-12-23(41)20-43-31)21-49(29)38(54)34(40(2,3)4)48-36(52)32(22-10-7-6-8-11-22)47-39-46-27-16-13-24(42)18-30(27)56-39/h12-13,16-18,20,22,25-26,28-29,32,34H,5-11,14-15,19,21H2,1-4H3,(H,44,53)(H,45,51)(H,46,47)(H,48,52)/t26?,28?,29-,32+,34+/m1/s1. The lowest BCUT2D eigenvalue weighted by atomic mass is 9.82. The summed E-state index contributed by atoms with van der Waals surface area (Å²) in [6, 6.07) is 3.07. The highest BCUT2D eigenvalue weighted by atomic mass is 35.5. The average Bonchev–Trinajstić information content (AvgIpc) is 3.73. The molecule has 3 aliphatic rings. The summed E-state index contributed by atoms with van der Waals surface area (Å²) in [5.41, 5.74) is -0.179. The summed E-state index contributed by atoms with van der Waals surface area (Å²) in [6.45, 7) is 7.27. The van der Waals surface area contributed by atoms with E-state index in [1.807, 2.05) is 27.7 Å². The second-order valence-electron chi connectivity index (χ2n) is 16.2. The molecule has 2 aromatic heterocycles. The Morgan fingerprint density at radius 2 is 1.79 bits per heavy atom. The smallest absolute Gasteiger partial charge is 0.296 e. The van der Waals surface area contributed by atoms with Gasteiger partial charge in [-0.3, -0.25) is 24.0 Å². The number of hydrogen-bond donors (Lipinski definition) is 4. The van der Waals surface area contributed by atoms with Gasteiger partial charge in [-0.05, 0) is 61.6 Å². The number of rotatable bonds is 15. The number of oxazole rings is 1. The summed E-state index contributed by atoms with van der Waals surface area (Å²) in [5.74, 6) is -3.43. The van der Waals surface area contributed by atoms with E-state index in [4.69, 9.17) is 20.8 Å². The Morgan fingerprint density at radius 1 is 1.04 bits per heavy atom. The molecule has 14 nitrogen and oxygen atoms in total. The van der Waals surface area contributed by atoms with Crippen LogP contribution in [-0.4, -0.2) is 87.1 Å². The number of carbonyl (C=O) groups is 5. The van der Waals surface area contributed by atoms with Gasteiger partial charge in [-0.2, -0.15) is 4.98 Å². The third-order valence-corrected chi connectivity index (χ3v) is 10.8. The number of fused-ring (bicyclic) bond motifs is 1. The quantitative estimate of drug-likeness (QED) is 0.151. The van der Waals surface area contributed by atoms with E-state index in [0.29, 0.717) is 17.0 Å². The van der Waals surface area contributed by atoms with Crippen molar-refractivity contribution < 1.29 is 37.5 Å². The van der Waals surface area contributed by atoms with Crippen molar-refractivity contribution >= 4 is 58.1 Å². The minimum atomic E-state index is -1.11. The fraction of sp³-hybridized carbons (Fsp3) is 0.575. The van der Waals surface area contributed by atoms with Crippen LogP contribution in [0.25, 0.3) is 11.1 Å². The van der Waals surface area contributed by atoms with Crippen LogP contribution in [0.4, 0.5) is 10.4 Å². The van der Waals surface area contributed by atoms with E-state index in [-0.39, 0.29) is 48.8 Å². The lowest BCUT2D eigenvalue weighted by Gasteiger charge is -2.37. The number of likely N-dealkylation sites (tertiary alicyclic amines) is 1. The molecular formula is C40H51ClFN7O7. The van der Waals surface area contributed by atoms with Crippen LogP contribution in [0.1, 0.15) is 91.9 Å². The molecule has 2 aliphatic carbocycles. The fourth-order valence-corrected chi connectivity index (χ4v) is 7.56. The first kappa shape index (κ1) is 40.9. The molecule has 3 heterocycles. The van der Waals surface area contributed by atoms with Crippen LogP contribution in [0.15, 0.2) is 40.9 Å². The first-order chi connectivity index (χ1) is 26.7. The van der Waals surface area contributed by atoms with Crippen LogP contribution in [0.3, 0.4) is 0 Å². The number of ether oxygens (including phenoxy) is 1. The van der Waals surface area contributed by atoms with Crippen LogP contribution in [0, 0.1) is 17.2 Å².